The summed E-state index contributed by atoms with van der Waals surface area (Å²) in [7, 11) is 0. The Morgan fingerprint density at radius 2 is 1.59 bits per heavy atom. The number of amides is 2. The van der Waals surface area contributed by atoms with Gasteiger partial charge in [-0.2, -0.15) is 0 Å². The van der Waals surface area contributed by atoms with Gasteiger partial charge in [-0.1, -0.05) is 25.5 Å². The first-order valence-electron chi connectivity index (χ1n) is 9.12. The van der Waals surface area contributed by atoms with Crippen LogP contribution in [-0.2, 0) is 0 Å². The molecule has 1 aliphatic rings. The van der Waals surface area contributed by atoms with Crippen molar-refractivity contribution in [2.24, 2.45) is 0 Å². The van der Waals surface area contributed by atoms with Crippen LogP contribution in [0.2, 0.25) is 0 Å². The molecule has 0 bridgehead atoms. The van der Waals surface area contributed by atoms with Crippen molar-refractivity contribution in [1.82, 2.24) is 4.90 Å². The Hall–Kier alpha value is -2.34. The number of carbonyl (C=O) groups excluding carboxylic acids is 2. The van der Waals surface area contributed by atoms with E-state index in [-0.39, 0.29) is 11.8 Å². The summed E-state index contributed by atoms with van der Waals surface area (Å²) >= 11 is 3.49. The molecule has 0 aliphatic carbocycles. The van der Waals surface area contributed by atoms with Crippen molar-refractivity contribution in [3.05, 3.63) is 58.1 Å². The van der Waals surface area contributed by atoms with Crippen LogP contribution < -0.4 is 9.47 Å². The molecule has 5 nitrogen and oxygen atoms in total. The van der Waals surface area contributed by atoms with Gasteiger partial charge >= 0.3 is 0 Å². The molecule has 0 radical (unpaired) electrons. The fraction of sp³-hybridized carbons (Fsp3) is 0.333. The number of imide groups is 1. The molecular weight excluding hydrogens is 410 g/mol. The topological polar surface area (TPSA) is 55.8 Å². The zero-order valence-corrected chi connectivity index (χ0v) is 16.8. The average molecular weight is 432 g/mol. The van der Waals surface area contributed by atoms with Crippen LogP contribution in [0.1, 0.15) is 46.9 Å². The molecule has 2 amide bonds. The molecular formula is C21H22BrNO4. The van der Waals surface area contributed by atoms with Gasteiger partial charge in [0, 0.05) is 6.54 Å². The van der Waals surface area contributed by atoms with E-state index < -0.39 is 0 Å². The van der Waals surface area contributed by atoms with E-state index in [9.17, 15) is 9.59 Å². The first-order chi connectivity index (χ1) is 13.1. The molecule has 0 saturated heterocycles. The average Bonchev–Trinajstić information content (AvgIpc) is 2.92. The molecule has 3 rings (SSSR count). The third-order valence-electron chi connectivity index (χ3n) is 4.33. The predicted octanol–water partition coefficient (Wildman–Crippen LogP) is 4.69. The standard InChI is InChI=1S/C21H22BrNO4/c1-2-3-12-27-19-10-9-15(14-18(19)22)26-13-6-11-23-20(24)16-7-4-5-8-17(16)21(23)25/h4-5,7-10,14H,2-3,6,11-13H2,1H3. The van der Waals surface area contributed by atoms with Crippen LogP contribution in [0.3, 0.4) is 0 Å². The van der Waals surface area contributed by atoms with E-state index in [0.29, 0.717) is 43.1 Å². The summed E-state index contributed by atoms with van der Waals surface area (Å²) in [6, 6.07) is 12.5. The molecule has 6 heteroatoms. The molecule has 0 spiro atoms. The quantitative estimate of drug-likeness (QED) is 0.426. The molecule has 27 heavy (non-hydrogen) atoms. The smallest absolute Gasteiger partial charge is 0.261 e. The van der Waals surface area contributed by atoms with Crippen LogP contribution in [0.4, 0.5) is 0 Å². The summed E-state index contributed by atoms with van der Waals surface area (Å²) in [6.45, 7) is 3.56. The Balaban J connectivity index is 1.48. The molecule has 0 fully saturated rings. The zero-order valence-electron chi connectivity index (χ0n) is 15.2. The van der Waals surface area contributed by atoms with E-state index in [2.05, 4.69) is 22.9 Å². The third-order valence-corrected chi connectivity index (χ3v) is 4.95. The highest BCUT2D eigenvalue weighted by Crippen LogP contribution is 2.29. The minimum atomic E-state index is -0.230. The Morgan fingerprint density at radius 1 is 0.926 bits per heavy atom. The van der Waals surface area contributed by atoms with Gasteiger partial charge in [-0.3, -0.25) is 14.5 Å². The third kappa shape index (κ3) is 4.50. The zero-order chi connectivity index (χ0) is 19.2. The Kier molecular flexibility index (Phi) is 6.50. The maximum Gasteiger partial charge on any atom is 0.261 e. The van der Waals surface area contributed by atoms with Crippen LogP contribution >= 0.6 is 15.9 Å². The normalized spacial score (nSPS) is 13.0. The second-order valence-electron chi connectivity index (χ2n) is 6.30. The number of carbonyl (C=O) groups is 2. The van der Waals surface area contributed by atoms with E-state index in [1.807, 2.05) is 18.2 Å². The molecule has 1 aliphatic heterocycles. The monoisotopic (exact) mass is 431 g/mol. The molecule has 2 aromatic carbocycles. The molecule has 2 aromatic rings. The highest BCUT2D eigenvalue weighted by Gasteiger charge is 2.34. The Labute approximate surface area is 167 Å². The van der Waals surface area contributed by atoms with Crippen LogP contribution in [0.15, 0.2) is 46.9 Å². The number of unbranched alkanes of at least 4 members (excludes halogenated alkanes) is 1. The van der Waals surface area contributed by atoms with Gasteiger partial charge < -0.3 is 9.47 Å². The van der Waals surface area contributed by atoms with Crippen LogP contribution in [-0.4, -0.2) is 36.5 Å². The van der Waals surface area contributed by atoms with Gasteiger partial charge in [-0.15, -0.1) is 0 Å². The Morgan fingerprint density at radius 3 is 2.22 bits per heavy atom. The number of rotatable bonds is 9. The largest absolute Gasteiger partial charge is 0.493 e. The lowest BCUT2D eigenvalue weighted by atomic mass is 10.1. The van der Waals surface area contributed by atoms with Gasteiger partial charge in [0.25, 0.3) is 11.8 Å². The number of benzene rings is 2. The van der Waals surface area contributed by atoms with Crippen molar-refractivity contribution in [2.75, 3.05) is 19.8 Å². The van der Waals surface area contributed by atoms with Gasteiger partial charge in [0.1, 0.15) is 11.5 Å². The summed E-state index contributed by atoms with van der Waals surface area (Å²) in [4.78, 5) is 25.9. The number of hydrogen-bond donors (Lipinski definition) is 0. The van der Waals surface area contributed by atoms with Crippen molar-refractivity contribution in [2.45, 2.75) is 26.2 Å². The molecule has 0 unspecified atom stereocenters. The Bertz CT molecular complexity index is 802. The second kappa shape index (κ2) is 9.04. The maximum atomic E-state index is 12.3. The molecule has 0 N–H and O–H groups in total. The van der Waals surface area contributed by atoms with E-state index in [1.54, 1.807) is 24.3 Å². The predicted molar refractivity (Wildman–Crippen MR) is 106 cm³/mol. The molecule has 1 heterocycles. The number of ether oxygens (including phenoxy) is 2. The van der Waals surface area contributed by atoms with Gasteiger partial charge in [-0.05, 0) is 59.1 Å². The molecule has 142 valence electrons. The highest BCUT2D eigenvalue weighted by molar-refractivity contribution is 9.10. The lowest BCUT2D eigenvalue weighted by Crippen LogP contribution is -2.31. The van der Waals surface area contributed by atoms with Crippen LogP contribution in [0, 0.1) is 0 Å². The summed E-state index contributed by atoms with van der Waals surface area (Å²) in [5.41, 5.74) is 0.956. The number of fused-ring (bicyclic) bond motifs is 1. The maximum absolute atomic E-state index is 12.3. The van der Waals surface area contributed by atoms with Crippen molar-refractivity contribution >= 4 is 27.7 Å². The van der Waals surface area contributed by atoms with Crippen molar-refractivity contribution < 1.29 is 19.1 Å². The van der Waals surface area contributed by atoms with Gasteiger partial charge in [0.05, 0.1) is 28.8 Å². The number of nitrogens with zero attached hydrogens (tertiary/aromatic N) is 1. The molecule has 0 saturated carbocycles. The fourth-order valence-corrected chi connectivity index (χ4v) is 3.34. The SMILES string of the molecule is CCCCOc1ccc(OCCCN2C(=O)c3ccccc3C2=O)cc1Br. The van der Waals surface area contributed by atoms with E-state index in [0.717, 1.165) is 23.1 Å². The van der Waals surface area contributed by atoms with Crippen LogP contribution in [0.5, 0.6) is 11.5 Å². The lowest BCUT2D eigenvalue weighted by molar-refractivity contribution is 0.0646. The second-order valence-corrected chi connectivity index (χ2v) is 7.16. The first kappa shape index (κ1) is 19.4. The van der Waals surface area contributed by atoms with Gasteiger partial charge in [0.2, 0.25) is 0 Å². The summed E-state index contributed by atoms with van der Waals surface area (Å²) < 4.78 is 12.3. The fourth-order valence-electron chi connectivity index (χ4n) is 2.87. The highest BCUT2D eigenvalue weighted by atomic mass is 79.9. The van der Waals surface area contributed by atoms with Crippen molar-refractivity contribution in [1.29, 1.82) is 0 Å². The van der Waals surface area contributed by atoms with Crippen molar-refractivity contribution in [3.8, 4) is 11.5 Å². The van der Waals surface area contributed by atoms with Crippen molar-refractivity contribution in [3.63, 3.8) is 0 Å². The summed E-state index contributed by atoms with van der Waals surface area (Å²) in [5, 5.41) is 0. The van der Waals surface area contributed by atoms with E-state index in [4.69, 9.17) is 9.47 Å². The van der Waals surface area contributed by atoms with Crippen LogP contribution in [0.25, 0.3) is 0 Å². The van der Waals surface area contributed by atoms with E-state index in [1.165, 1.54) is 4.90 Å². The number of hydrogen-bond acceptors (Lipinski definition) is 4. The molecule has 0 atom stereocenters. The van der Waals surface area contributed by atoms with Gasteiger partial charge in [0.15, 0.2) is 0 Å². The van der Waals surface area contributed by atoms with E-state index >= 15 is 0 Å². The lowest BCUT2D eigenvalue weighted by Gasteiger charge is -2.14. The minimum absolute atomic E-state index is 0.230. The first-order valence-corrected chi connectivity index (χ1v) is 9.91. The van der Waals surface area contributed by atoms with Gasteiger partial charge in [-0.25, -0.2) is 0 Å². The number of halogens is 1. The molecule has 0 aromatic heterocycles. The summed E-state index contributed by atoms with van der Waals surface area (Å²) in [6.07, 6.45) is 2.67. The minimum Gasteiger partial charge on any atom is -0.493 e. The summed E-state index contributed by atoms with van der Waals surface area (Å²) in [5.74, 6) is 1.05.